The molecule has 1 aromatic carbocycles. The van der Waals surface area contributed by atoms with Crippen LogP contribution in [-0.2, 0) is 11.3 Å². The summed E-state index contributed by atoms with van der Waals surface area (Å²) in [6.45, 7) is 9.10. The third kappa shape index (κ3) is 4.97. The van der Waals surface area contributed by atoms with Gasteiger partial charge in [-0.2, -0.15) is 0 Å². The Hall–Kier alpha value is -3.16. The van der Waals surface area contributed by atoms with Crippen molar-refractivity contribution in [2.45, 2.75) is 46.8 Å². The van der Waals surface area contributed by atoms with Gasteiger partial charge in [-0.15, -0.1) is 0 Å². The largest absolute Gasteiger partial charge is 0.496 e. The van der Waals surface area contributed by atoms with E-state index in [-0.39, 0.29) is 12.2 Å². The van der Waals surface area contributed by atoms with Gasteiger partial charge in [0.2, 0.25) is 0 Å². The highest BCUT2D eigenvalue weighted by Gasteiger charge is 2.26. The second-order valence-corrected chi connectivity index (χ2v) is 7.39. The van der Waals surface area contributed by atoms with E-state index in [2.05, 4.69) is 4.98 Å². The van der Waals surface area contributed by atoms with Crippen LogP contribution in [0.4, 0.5) is 16.2 Å². The maximum Gasteiger partial charge on any atom is 0.415 e. The summed E-state index contributed by atoms with van der Waals surface area (Å²) in [5.41, 5.74) is 1.80. The van der Waals surface area contributed by atoms with E-state index in [1.54, 1.807) is 40.1 Å². The van der Waals surface area contributed by atoms with E-state index < -0.39 is 16.6 Å². The Morgan fingerprint density at radius 1 is 1.29 bits per heavy atom. The number of rotatable bonds is 5. The normalized spacial score (nSPS) is 11.1. The lowest BCUT2D eigenvalue weighted by Crippen LogP contribution is -2.37. The number of pyridine rings is 1. The number of non-ortho nitro benzene ring substituents is 1. The predicted octanol–water partition coefficient (Wildman–Crippen LogP) is 4.56. The highest BCUT2D eigenvalue weighted by molar-refractivity contribution is 5.88. The summed E-state index contributed by atoms with van der Waals surface area (Å²) in [6, 6.07) is 5.86. The Morgan fingerprint density at radius 3 is 2.54 bits per heavy atom. The van der Waals surface area contributed by atoms with Gasteiger partial charge >= 0.3 is 6.09 Å². The van der Waals surface area contributed by atoms with E-state index >= 15 is 0 Å². The number of aryl methyl sites for hydroxylation is 1. The van der Waals surface area contributed by atoms with Crippen LogP contribution in [0, 0.1) is 24.0 Å². The standard InChI is InChI=1S/C20H25N3O5/c1-13-11-21-17(14(2)18(13)27-6)12-22(19(24)28-20(3,4)5)15-8-7-9-16(10-15)23(25)26/h7-11H,12H2,1-6H3. The fourth-order valence-corrected chi connectivity index (χ4v) is 2.73. The van der Waals surface area contributed by atoms with Crippen LogP contribution in [0.5, 0.6) is 5.75 Å². The minimum absolute atomic E-state index is 0.0819. The van der Waals surface area contributed by atoms with Crippen molar-refractivity contribution in [2.24, 2.45) is 0 Å². The number of anilines is 1. The number of hydrogen-bond donors (Lipinski definition) is 0. The van der Waals surface area contributed by atoms with Gasteiger partial charge in [0, 0.05) is 29.5 Å². The minimum Gasteiger partial charge on any atom is -0.496 e. The molecule has 0 aliphatic carbocycles. The third-order valence-corrected chi connectivity index (χ3v) is 4.02. The maximum absolute atomic E-state index is 12.9. The van der Waals surface area contributed by atoms with Gasteiger partial charge in [0.05, 0.1) is 30.0 Å². The lowest BCUT2D eigenvalue weighted by Gasteiger charge is -2.28. The van der Waals surface area contributed by atoms with Crippen molar-refractivity contribution in [1.82, 2.24) is 4.98 Å². The molecule has 8 nitrogen and oxygen atoms in total. The predicted molar refractivity (Wildman–Crippen MR) is 106 cm³/mol. The molecule has 0 N–H and O–H groups in total. The summed E-state index contributed by atoms with van der Waals surface area (Å²) in [5, 5.41) is 11.1. The molecule has 0 atom stereocenters. The molecule has 8 heteroatoms. The van der Waals surface area contributed by atoms with Crippen LogP contribution in [0.1, 0.15) is 37.6 Å². The first-order valence-electron chi connectivity index (χ1n) is 8.77. The lowest BCUT2D eigenvalue weighted by molar-refractivity contribution is -0.384. The molecular weight excluding hydrogens is 362 g/mol. The molecule has 28 heavy (non-hydrogen) atoms. The molecule has 1 heterocycles. The van der Waals surface area contributed by atoms with Crippen molar-refractivity contribution in [3.63, 3.8) is 0 Å². The van der Waals surface area contributed by atoms with Crippen LogP contribution >= 0.6 is 0 Å². The van der Waals surface area contributed by atoms with Crippen LogP contribution in [0.2, 0.25) is 0 Å². The van der Waals surface area contributed by atoms with Crippen LogP contribution in [0.25, 0.3) is 0 Å². The van der Waals surface area contributed by atoms with E-state index in [1.165, 1.54) is 23.1 Å². The molecule has 2 aromatic rings. The number of ether oxygens (including phenoxy) is 2. The van der Waals surface area contributed by atoms with E-state index in [0.717, 1.165) is 11.1 Å². The van der Waals surface area contributed by atoms with Gasteiger partial charge in [-0.05, 0) is 40.7 Å². The number of nitro benzene ring substituents is 1. The highest BCUT2D eigenvalue weighted by atomic mass is 16.6. The smallest absolute Gasteiger partial charge is 0.415 e. The molecule has 0 aliphatic rings. The quantitative estimate of drug-likeness (QED) is 0.551. The number of carbonyl (C=O) groups is 1. The maximum atomic E-state index is 12.9. The van der Waals surface area contributed by atoms with Gasteiger partial charge in [0.25, 0.3) is 5.69 Å². The molecule has 0 aliphatic heterocycles. The molecule has 0 saturated heterocycles. The first kappa shape index (κ1) is 21.1. The summed E-state index contributed by atoms with van der Waals surface area (Å²) in [7, 11) is 1.57. The lowest BCUT2D eigenvalue weighted by atomic mass is 10.1. The Labute approximate surface area is 164 Å². The van der Waals surface area contributed by atoms with Crippen molar-refractivity contribution < 1.29 is 19.2 Å². The zero-order valence-corrected chi connectivity index (χ0v) is 17.0. The van der Waals surface area contributed by atoms with Crippen LogP contribution < -0.4 is 9.64 Å². The number of amides is 1. The Bertz CT molecular complexity index is 890. The molecule has 0 fully saturated rings. The second-order valence-electron chi connectivity index (χ2n) is 7.39. The first-order valence-corrected chi connectivity index (χ1v) is 8.77. The summed E-state index contributed by atoms with van der Waals surface area (Å²) in [6.07, 6.45) is 1.05. The second kappa shape index (κ2) is 8.24. The summed E-state index contributed by atoms with van der Waals surface area (Å²) in [5.74, 6) is 0.688. The number of carbonyl (C=O) groups excluding carboxylic acids is 1. The average molecular weight is 387 g/mol. The minimum atomic E-state index is -0.719. The molecule has 0 unspecified atom stereocenters. The summed E-state index contributed by atoms with van der Waals surface area (Å²) < 4.78 is 10.9. The first-order chi connectivity index (χ1) is 13.0. The van der Waals surface area contributed by atoms with Gasteiger partial charge in [-0.1, -0.05) is 6.07 Å². The molecule has 0 spiro atoms. The molecule has 0 radical (unpaired) electrons. The Balaban J connectivity index is 2.49. The number of nitro groups is 1. The van der Waals surface area contributed by atoms with Crippen LogP contribution in [0.3, 0.4) is 0 Å². The fourth-order valence-electron chi connectivity index (χ4n) is 2.73. The van der Waals surface area contributed by atoms with Crippen molar-refractivity contribution >= 4 is 17.5 Å². The average Bonchev–Trinajstić information content (AvgIpc) is 2.60. The molecule has 0 bridgehead atoms. The highest BCUT2D eigenvalue weighted by Crippen LogP contribution is 2.28. The Morgan fingerprint density at radius 2 is 1.96 bits per heavy atom. The fraction of sp³-hybridized carbons (Fsp3) is 0.400. The number of benzene rings is 1. The van der Waals surface area contributed by atoms with Crippen LogP contribution in [-0.4, -0.2) is 28.7 Å². The monoisotopic (exact) mass is 387 g/mol. The molecule has 0 saturated carbocycles. The molecule has 1 aromatic heterocycles. The van der Waals surface area contributed by atoms with Gasteiger partial charge in [0.1, 0.15) is 11.4 Å². The van der Waals surface area contributed by atoms with E-state index in [9.17, 15) is 14.9 Å². The number of nitrogens with zero attached hydrogens (tertiary/aromatic N) is 3. The van der Waals surface area contributed by atoms with Gasteiger partial charge in [-0.3, -0.25) is 20.0 Å². The molecule has 2 rings (SSSR count). The van der Waals surface area contributed by atoms with E-state index in [1.807, 2.05) is 13.8 Å². The number of methoxy groups -OCH3 is 1. The van der Waals surface area contributed by atoms with Crippen molar-refractivity contribution in [2.75, 3.05) is 12.0 Å². The molecule has 1 amide bonds. The zero-order valence-electron chi connectivity index (χ0n) is 17.0. The van der Waals surface area contributed by atoms with E-state index in [0.29, 0.717) is 17.1 Å². The Kier molecular flexibility index (Phi) is 6.23. The SMILES string of the molecule is COc1c(C)cnc(CN(C(=O)OC(C)(C)C)c2cccc([N+](=O)[O-])c2)c1C. The van der Waals surface area contributed by atoms with Crippen LogP contribution in [0.15, 0.2) is 30.5 Å². The topological polar surface area (TPSA) is 94.8 Å². The van der Waals surface area contributed by atoms with Crippen molar-refractivity contribution in [3.05, 3.63) is 57.4 Å². The van der Waals surface area contributed by atoms with Gasteiger partial charge in [-0.25, -0.2) is 4.79 Å². The van der Waals surface area contributed by atoms with Crippen molar-refractivity contribution in [3.8, 4) is 5.75 Å². The zero-order chi connectivity index (χ0) is 21.1. The van der Waals surface area contributed by atoms with Crippen molar-refractivity contribution in [1.29, 1.82) is 0 Å². The number of hydrogen-bond acceptors (Lipinski definition) is 6. The number of aromatic nitrogens is 1. The van der Waals surface area contributed by atoms with Gasteiger partial charge in [0.15, 0.2) is 0 Å². The third-order valence-electron chi connectivity index (χ3n) is 4.02. The molecule has 150 valence electrons. The van der Waals surface area contributed by atoms with Gasteiger partial charge < -0.3 is 9.47 Å². The molecular formula is C20H25N3O5. The summed E-state index contributed by atoms with van der Waals surface area (Å²) >= 11 is 0. The van der Waals surface area contributed by atoms with E-state index in [4.69, 9.17) is 9.47 Å². The summed E-state index contributed by atoms with van der Waals surface area (Å²) in [4.78, 5) is 29.3.